The Morgan fingerprint density at radius 1 is 0.966 bits per heavy atom. The summed E-state index contributed by atoms with van der Waals surface area (Å²) in [5.74, 6) is -1.20. The molecule has 1 heterocycles. The molecule has 3 aromatic carbocycles. The van der Waals surface area contributed by atoms with E-state index in [0.29, 0.717) is 12.1 Å². The minimum atomic E-state index is -0.839. The van der Waals surface area contributed by atoms with Gasteiger partial charge < -0.3 is 14.4 Å². The summed E-state index contributed by atoms with van der Waals surface area (Å²) in [6.07, 6.45) is -0.00285. The van der Waals surface area contributed by atoms with Gasteiger partial charge in [0.2, 0.25) is 0 Å². The number of rotatable bonds is 5. The third kappa shape index (κ3) is 3.36. The molecule has 29 heavy (non-hydrogen) atoms. The van der Waals surface area contributed by atoms with E-state index in [0.717, 1.165) is 38.5 Å². The molecule has 0 amide bonds. The van der Waals surface area contributed by atoms with Gasteiger partial charge in [-0.3, -0.25) is 4.79 Å². The molecule has 0 spiro atoms. The van der Waals surface area contributed by atoms with Gasteiger partial charge in [0.05, 0.1) is 24.6 Å². The van der Waals surface area contributed by atoms with Crippen LogP contribution in [-0.2, 0) is 22.5 Å². The molecular weight excluding hydrogens is 366 g/mol. The number of carbonyl (C=O) groups excluding carboxylic acids is 1. The second-order valence-corrected chi connectivity index (χ2v) is 7.11. The maximum absolute atomic E-state index is 11.7. The average Bonchev–Trinajstić information content (AvgIpc) is 3.04. The number of esters is 1. The third-order valence-corrected chi connectivity index (χ3v) is 5.36. The topological polar surface area (TPSA) is 68.5 Å². The molecule has 0 aliphatic carbocycles. The van der Waals surface area contributed by atoms with Gasteiger partial charge in [-0.2, -0.15) is 0 Å². The summed E-state index contributed by atoms with van der Waals surface area (Å²) in [5.41, 5.74) is 5.49. The van der Waals surface area contributed by atoms with Crippen molar-refractivity contribution in [3.63, 3.8) is 0 Å². The zero-order valence-electron chi connectivity index (χ0n) is 16.3. The van der Waals surface area contributed by atoms with Crippen molar-refractivity contribution in [3.8, 4) is 0 Å². The van der Waals surface area contributed by atoms with E-state index in [9.17, 15) is 14.7 Å². The number of nitrogens with zero attached hydrogens (tertiary/aromatic N) is 1. The number of hydrogen-bond donors (Lipinski definition) is 1. The van der Waals surface area contributed by atoms with Crippen molar-refractivity contribution in [1.82, 2.24) is 4.57 Å². The number of benzene rings is 3. The number of carbonyl (C=O) groups is 2. The number of aromatic nitrogens is 1. The van der Waals surface area contributed by atoms with Crippen LogP contribution in [0.4, 0.5) is 0 Å². The maximum Gasteiger partial charge on any atom is 0.337 e. The van der Waals surface area contributed by atoms with Crippen molar-refractivity contribution >= 4 is 33.7 Å². The number of carboxylic acid groups (broad SMARTS) is 1. The fraction of sp³-hybridized carbons (Fsp3) is 0.167. The minimum Gasteiger partial charge on any atom is -0.481 e. The molecule has 0 atom stereocenters. The van der Waals surface area contributed by atoms with Gasteiger partial charge in [-0.05, 0) is 41.8 Å². The Kier molecular flexibility index (Phi) is 4.80. The van der Waals surface area contributed by atoms with E-state index in [-0.39, 0.29) is 12.4 Å². The predicted molar refractivity (Wildman–Crippen MR) is 112 cm³/mol. The first-order chi connectivity index (χ1) is 14.0. The van der Waals surface area contributed by atoms with E-state index in [1.807, 2.05) is 43.3 Å². The third-order valence-electron chi connectivity index (χ3n) is 5.36. The Morgan fingerprint density at radius 3 is 2.38 bits per heavy atom. The minimum absolute atomic E-state index is 0.00285. The first kappa shape index (κ1) is 18.7. The van der Waals surface area contributed by atoms with Gasteiger partial charge in [-0.1, -0.05) is 42.5 Å². The zero-order chi connectivity index (χ0) is 20.5. The molecule has 0 saturated carbocycles. The van der Waals surface area contributed by atoms with Crippen LogP contribution < -0.4 is 0 Å². The standard InChI is InChI=1S/C24H21NO4/c1-15-18(13-22(26)27)11-12-20-19-5-3-4-6-21(19)25(23(15)20)14-16-7-9-17(10-8-16)24(28)29-2/h3-12H,13-14H2,1-2H3,(H,26,27). The van der Waals surface area contributed by atoms with E-state index >= 15 is 0 Å². The fourth-order valence-electron chi connectivity index (χ4n) is 3.93. The lowest BCUT2D eigenvalue weighted by atomic mass is 10.0. The molecule has 0 unspecified atom stereocenters. The molecule has 146 valence electrons. The number of para-hydroxylation sites is 1. The molecule has 0 radical (unpaired) electrons. The van der Waals surface area contributed by atoms with Crippen LogP contribution >= 0.6 is 0 Å². The summed E-state index contributed by atoms with van der Waals surface area (Å²) in [4.78, 5) is 23.0. The molecule has 0 bridgehead atoms. The SMILES string of the molecule is COC(=O)c1ccc(Cn2c3ccccc3c3ccc(CC(=O)O)c(C)c32)cc1. The molecule has 4 aromatic rings. The monoisotopic (exact) mass is 387 g/mol. The van der Waals surface area contributed by atoms with Crippen molar-refractivity contribution in [2.24, 2.45) is 0 Å². The summed E-state index contributed by atoms with van der Waals surface area (Å²) in [6.45, 7) is 2.60. The van der Waals surface area contributed by atoms with Crippen molar-refractivity contribution in [3.05, 3.63) is 82.9 Å². The Bertz CT molecular complexity index is 1240. The summed E-state index contributed by atoms with van der Waals surface area (Å²) in [5, 5.41) is 11.5. The molecule has 0 saturated heterocycles. The van der Waals surface area contributed by atoms with Gasteiger partial charge in [-0.15, -0.1) is 0 Å². The summed E-state index contributed by atoms with van der Waals surface area (Å²) in [7, 11) is 1.37. The van der Waals surface area contributed by atoms with Gasteiger partial charge in [0, 0.05) is 22.8 Å². The van der Waals surface area contributed by atoms with Crippen LogP contribution in [0.3, 0.4) is 0 Å². The Balaban J connectivity index is 1.87. The Hall–Kier alpha value is -3.60. The van der Waals surface area contributed by atoms with Crippen LogP contribution in [0.2, 0.25) is 0 Å². The van der Waals surface area contributed by atoms with Crippen molar-refractivity contribution in [2.75, 3.05) is 7.11 Å². The van der Waals surface area contributed by atoms with Crippen LogP contribution in [0.15, 0.2) is 60.7 Å². The van der Waals surface area contributed by atoms with E-state index in [4.69, 9.17) is 4.74 Å². The van der Waals surface area contributed by atoms with Crippen molar-refractivity contribution < 1.29 is 19.4 Å². The lowest BCUT2D eigenvalue weighted by Crippen LogP contribution is -2.05. The first-order valence-electron chi connectivity index (χ1n) is 9.38. The average molecular weight is 387 g/mol. The van der Waals surface area contributed by atoms with Crippen LogP contribution in [0.25, 0.3) is 21.8 Å². The van der Waals surface area contributed by atoms with Gasteiger partial charge in [0.1, 0.15) is 0 Å². The number of ether oxygens (including phenoxy) is 1. The smallest absolute Gasteiger partial charge is 0.337 e. The molecule has 0 aliphatic rings. The fourth-order valence-corrected chi connectivity index (χ4v) is 3.93. The van der Waals surface area contributed by atoms with E-state index in [2.05, 4.69) is 16.7 Å². The number of aryl methyl sites for hydroxylation is 1. The Labute approximate surface area is 168 Å². The molecular formula is C24H21NO4. The lowest BCUT2D eigenvalue weighted by molar-refractivity contribution is -0.136. The summed E-state index contributed by atoms with van der Waals surface area (Å²) < 4.78 is 6.99. The van der Waals surface area contributed by atoms with Gasteiger partial charge in [-0.25, -0.2) is 4.79 Å². The molecule has 1 N–H and O–H groups in total. The van der Waals surface area contributed by atoms with Gasteiger partial charge in [0.25, 0.3) is 0 Å². The first-order valence-corrected chi connectivity index (χ1v) is 9.38. The highest BCUT2D eigenvalue weighted by atomic mass is 16.5. The van der Waals surface area contributed by atoms with Crippen molar-refractivity contribution in [2.45, 2.75) is 19.9 Å². The van der Waals surface area contributed by atoms with Gasteiger partial charge in [0.15, 0.2) is 0 Å². The molecule has 5 heteroatoms. The van der Waals surface area contributed by atoms with E-state index in [1.165, 1.54) is 7.11 Å². The maximum atomic E-state index is 11.7. The zero-order valence-corrected chi connectivity index (χ0v) is 16.3. The number of methoxy groups -OCH3 is 1. The summed E-state index contributed by atoms with van der Waals surface area (Å²) >= 11 is 0. The largest absolute Gasteiger partial charge is 0.481 e. The quantitative estimate of drug-likeness (QED) is 0.510. The normalized spacial score (nSPS) is 11.1. The lowest BCUT2D eigenvalue weighted by Gasteiger charge is -2.12. The number of hydrogen-bond acceptors (Lipinski definition) is 3. The van der Waals surface area contributed by atoms with Crippen molar-refractivity contribution in [1.29, 1.82) is 0 Å². The molecule has 0 aliphatic heterocycles. The molecule has 0 fully saturated rings. The number of fused-ring (bicyclic) bond motifs is 3. The second-order valence-electron chi connectivity index (χ2n) is 7.11. The number of carboxylic acids is 1. The van der Waals surface area contributed by atoms with Crippen LogP contribution in [0.5, 0.6) is 0 Å². The van der Waals surface area contributed by atoms with E-state index < -0.39 is 5.97 Å². The predicted octanol–water partition coefficient (Wildman–Crippen LogP) is 4.56. The number of aliphatic carboxylic acids is 1. The summed E-state index contributed by atoms with van der Waals surface area (Å²) in [6, 6.07) is 19.5. The van der Waals surface area contributed by atoms with Crippen LogP contribution in [0, 0.1) is 6.92 Å². The highest BCUT2D eigenvalue weighted by Crippen LogP contribution is 2.33. The molecule has 5 nitrogen and oxygen atoms in total. The molecule has 4 rings (SSSR count). The highest BCUT2D eigenvalue weighted by molar-refractivity contribution is 6.09. The highest BCUT2D eigenvalue weighted by Gasteiger charge is 2.16. The van der Waals surface area contributed by atoms with Gasteiger partial charge >= 0.3 is 11.9 Å². The van der Waals surface area contributed by atoms with Crippen LogP contribution in [0.1, 0.15) is 27.0 Å². The van der Waals surface area contributed by atoms with E-state index in [1.54, 1.807) is 12.1 Å². The van der Waals surface area contributed by atoms with Crippen LogP contribution in [-0.4, -0.2) is 28.7 Å². The molecule has 1 aromatic heterocycles. The second kappa shape index (κ2) is 7.43. The Morgan fingerprint density at radius 2 is 1.69 bits per heavy atom.